The van der Waals surface area contributed by atoms with Crippen molar-refractivity contribution in [3.05, 3.63) is 54.4 Å². The summed E-state index contributed by atoms with van der Waals surface area (Å²) in [6.07, 6.45) is 5.44. The lowest BCUT2D eigenvalue weighted by molar-refractivity contribution is -0.141. The molecule has 6 nitrogen and oxygen atoms in total. The van der Waals surface area contributed by atoms with Crippen molar-refractivity contribution in [1.29, 1.82) is 0 Å². The van der Waals surface area contributed by atoms with Crippen molar-refractivity contribution in [3.8, 4) is 0 Å². The molecule has 142 valence electrons. The number of pyridine rings is 1. The molecule has 0 spiro atoms. The highest BCUT2D eigenvalue weighted by Gasteiger charge is 2.57. The molecule has 0 radical (unpaired) electrons. The summed E-state index contributed by atoms with van der Waals surface area (Å²) >= 11 is 0. The van der Waals surface area contributed by atoms with Crippen LogP contribution in [0.15, 0.2) is 48.8 Å². The molecule has 0 aliphatic heterocycles. The van der Waals surface area contributed by atoms with Crippen LogP contribution in [0.3, 0.4) is 0 Å². The SMILES string of the molecule is CN(CCc1ccncc1)C(=O)C1(C(=O)Nc2ccc(N(C)C)cc2)CC1. The van der Waals surface area contributed by atoms with Crippen LogP contribution in [-0.4, -0.2) is 49.4 Å². The summed E-state index contributed by atoms with van der Waals surface area (Å²) in [6, 6.07) is 11.5. The summed E-state index contributed by atoms with van der Waals surface area (Å²) in [5.74, 6) is -0.306. The van der Waals surface area contributed by atoms with E-state index in [2.05, 4.69) is 10.3 Å². The minimum atomic E-state index is -0.910. The van der Waals surface area contributed by atoms with Crippen molar-refractivity contribution in [2.75, 3.05) is 37.9 Å². The monoisotopic (exact) mass is 366 g/mol. The van der Waals surface area contributed by atoms with Gasteiger partial charge in [-0.2, -0.15) is 0 Å². The number of nitrogens with zero attached hydrogens (tertiary/aromatic N) is 3. The van der Waals surface area contributed by atoms with Gasteiger partial charge in [-0.1, -0.05) is 0 Å². The van der Waals surface area contributed by atoms with Crippen molar-refractivity contribution in [2.24, 2.45) is 5.41 Å². The van der Waals surface area contributed by atoms with E-state index >= 15 is 0 Å². The number of hydrogen-bond acceptors (Lipinski definition) is 4. The zero-order valence-corrected chi connectivity index (χ0v) is 16.1. The number of benzene rings is 1. The van der Waals surface area contributed by atoms with Gasteiger partial charge in [0.15, 0.2) is 0 Å². The molecule has 0 atom stereocenters. The van der Waals surface area contributed by atoms with Crippen molar-refractivity contribution in [2.45, 2.75) is 19.3 Å². The number of nitrogens with one attached hydrogen (secondary N) is 1. The van der Waals surface area contributed by atoms with Gasteiger partial charge in [0.05, 0.1) is 0 Å². The number of rotatable bonds is 7. The molecular formula is C21H26N4O2. The van der Waals surface area contributed by atoms with Gasteiger partial charge in [0.2, 0.25) is 11.8 Å². The van der Waals surface area contributed by atoms with E-state index in [0.717, 1.165) is 17.7 Å². The highest BCUT2D eigenvalue weighted by Crippen LogP contribution is 2.48. The Bertz CT molecular complexity index is 799. The minimum Gasteiger partial charge on any atom is -0.378 e. The average Bonchev–Trinajstić information content (AvgIpc) is 3.49. The second-order valence-corrected chi connectivity index (χ2v) is 7.31. The Balaban J connectivity index is 1.59. The van der Waals surface area contributed by atoms with Crippen molar-refractivity contribution in [1.82, 2.24) is 9.88 Å². The first-order valence-electron chi connectivity index (χ1n) is 9.16. The van der Waals surface area contributed by atoms with Gasteiger partial charge in [0.25, 0.3) is 0 Å². The number of aromatic nitrogens is 1. The third-order valence-electron chi connectivity index (χ3n) is 5.07. The molecule has 2 amide bonds. The largest absolute Gasteiger partial charge is 0.378 e. The Hall–Kier alpha value is -2.89. The maximum absolute atomic E-state index is 12.9. The Morgan fingerprint density at radius 2 is 1.67 bits per heavy atom. The summed E-state index contributed by atoms with van der Waals surface area (Å²) in [4.78, 5) is 33.3. The van der Waals surface area contributed by atoms with E-state index < -0.39 is 5.41 Å². The van der Waals surface area contributed by atoms with E-state index in [4.69, 9.17) is 0 Å². The third kappa shape index (κ3) is 4.27. The number of carbonyl (C=O) groups is 2. The highest BCUT2D eigenvalue weighted by atomic mass is 16.2. The Morgan fingerprint density at radius 3 is 2.22 bits per heavy atom. The van der Waals surface area contributed by atoms with Crippen LogP contribution < -0.4 is 10.2 Å². The predicted octanol–water partition coefficient (Wildman–Crippen LogP) is 2.57. The van der Waals surface area contributed by atoms with Gasteiger partial charge in [-0.05, 0) is 61.2 Å². The number of likely N-dealkylation sites (N-methyl/N-ethyl adjacent to an activating group) is 1. The number of anilines is 2. The molecule has 1 aliphatic rings. The van der Waals surface area contributed by atoms with Gasteiger partial charge in [0.1, 0.15) is 5.41 Å². The van der Waals surface area contributed by atoms with E-state index in [1.54, 1.807) is 24.3 Å². The fourth-order valence-corrected chi connectivity index (χ4v) is 3.07. The van der Waals surface area contributed by atoms with E-state index in [0.29, 0.717) is 25.1 Å². The summed E-state index contributed by atoms with van der Waals surface area (Å²) in [6.45, 7) is 0.579. The third-order valence-corrected chi connectivity index (χ3v) is 5.07. The number of carbonyl (C=O) groups excluding carboxylic acids is 2. The summed E-state index contributed by atoms with van der Waals surface area (Å²) < 4.78 is 0. The number of hydrogen-bond donors (Lipinski definition) is 1. The van der Waals surface area contributed by atoms with Crippen LogP contribution in [0.4, 0.5) is 11.4 Å². The average molecular weight is 366 g/mol. The van der Waals surface area contributed by atoms with E-state index in [-0.39, 0.29) is 11.8 Å². The molecule has 0 saturated heterocycles. The van der Waals surface area contributed by atoms with Crippen molar-refractivity contribution in [3.63, 3.8) is 0 Å². The summed E-state index contributed by atoms with van der Waals surface area (Å²) in [7, 11) is 5.70. The number of amides is 2. The molecule has 1 fully saturated rings. The molecule has 2 aromatic rings. The highest BCUT2D eigenvalue weighted by molar-refractivity contribution is 6.13. The fraction of sp³-hybridized carbons (Fsp3) is 0.381. The fourth-order valence-electron chi connectivity index (χ4n) is 3.07. The maximum Gasteiger partial charge on any atom is 0.240 e. The van der Waals surface area contributed by atoms with E-state index in [9.17, 15) is 9.59 Å². The van der Waals surface area contributed by atoms with E-state index in [1.807, 2.05) is 55.4 Å². The lowest BCUT2D eigenvalue weighted by atomic mass is 10.0. The molecule has 3 rings (SSSR count). The standard InChI is InChI=1S/C21H26N4O2/c1-24(2)18-6-4-17(5-7-18)23-19(26)21(11-12-21)20(27)25(3)15-10-16-8-13-22-14-9-16/h4-9,13-14H,10-12,15H2,1-3H3,(H,23,26). The first-order chi connectivity index (χ1) is 12.9. The zero-order chi connectivity index (χ0) is 19.4. The van der Waals surface area contributed by atoms with Crippen LogP contribution in [0.25, 0.3) is 0 Å². The predicted molar refractivity (Wildman–Crippen MR) is 107 cm³/mol. The molecule has 1 aromatic heterocycles. The first-order valence-corrected chi connectivity index (χ1v) is 9.16. The van der Waals surface area contributed by atoms with Crippen LogP contribution in [0.2, 0.25) is 0 Å². The second kappa shape index (κ2) is 7.78. The first kappa shape index (κ1) is 18.9. The smallest absolute Gasteiger partial charge is 0.240 e. The Labute approximate surface area is 160 Å². The summed E-state index contributed by atoms with van der Waals surface area (Å²) in [5, 5.41) is 2.91. The van der Waals surface area contributed by atoms with Crippen LogP contribution in [0.5, 0.6) is 0 Å². The molecule has 6 heteroatoms. The zero-order valence-electron chi connectivity index (χ0n) is 16.1. The molecule has 1 heterocycles. The van der Waals surface area contributed by atoms with Gasteiger partial charge in [0, 0.05) is 51.5 Å². The van der Waals surface area contributed by atoms with Crippen LogP contribution in [-0.2, 0) is 16.0 Å². The molecule has 1 aromatic carbocycles. The molecule has 0 bridgehead atoms. The lowest BCUT2D eigenvalue weighted by Gasteiger charge is -2.23. The van der Waals surface area contributed by atoms with E-state index in [1.165, 1.54) is 0 Å². The quantitative estimate of drug-likeness (QED) is 0.765. The topological polar surface area (TPSA) is 65.5 Å². The van der Waals surface area contributed by atoms with Crippen molar-refractivity contribution >= 4 is 23.2 Å². The van der Waals surface area contributed by atoms with Crippen molar-refractivity contribution < 1.29 is 9.59 Å². The Kier molecular flexibility index (Phi) is 5.44. The molecule has 1 aliphatic carbocycles. The lowest BCUT2D eigenvalue weighted by Crippen LogP contribution is -2.41. The molecule has 27 heavy (non-hydrogen) atoms. The van der Waals surface area contributed by atoms with Gasteiger partial charge in [-0.15, -0.1) is 0 Å². The second-order valence-electron chi connectivity index (χ2n) is 7.31. The van der Waals surface area contributed by atoms with Gasteiger partial charge >= 0.3 is 0 Å². The maximum atomic E-state index is 12.9. The molecule has 0 unspecified atom stereocenters. The normalized spacial score (nSPS) is 14.3. The molecular weight excluding hydrogens is 340 g/mol. The van der Waals surface area contributed by atoms with Gasteiger partial charge in [-0.25, -0.2) is 0 Å². The molecule has 1 N–H and O–H groups in total. The van der Waals surface area contributed by atoms with Gasteiger partial charge < -0.3 is 15.1 Å². The van der Waals surface area contributed by atoms with Gasteiger partial charge in [-0.3, -0.25) is 14.6 Å². The Morgan fingerprint density at radius 1 is 1.04 bits per heavy atom. The van der Waals surface area contributed by atoms with Crippen LogP contribution >= 0.6 is 0 Å². The van der Waals surface area contributed by atoms with Crippen LogP contribution in [0, 0.1) is 5.41 Å². The molecule has 1 saturated carbocycles. The van der Waals surface area contributed by atoms with Crippen LogP contribution in [0.1, 0.15) is 18.4 Å². The summed E-state index contributed by atoms with van der Waals surface area (Å²) in [5.41, 5.74) is 1.98. The minimum absolute atomic E-state index is 0.0982.